The lowest BCUT2D eigenvalue weighted by molar-refractivity contribution is -0.0515. The van der Waals surface area contributed by atoms with Crippen LogP contribution >= 0.6 is 0 Å². The van der Waals surface area contributed by atoms with Gasteiger partial charge in [-0.1, -0.05) is 19.9 Å². The summed E-state index contributed by atoms with van der Waals surface area (Å²) in [6.07, 6.45) is 3.62. The Hall–Kier alpha value is -4.06. The van der Waals surface area contributed by atoms with Crippen molar-refractivity contribution in [3.8, 4) is 23.0 Å². The second kappa shape index (κ2) is 13.3. The van der Waals surface area contributed by atoms with Crippen LogP contribution in [0.5, 0.6) is 11.5 Å². The van der Waals surface area contributed by atoms with Gasteiger partial charge in [-0.3, -0.25) is 14.6 Å². The maximum atomic E-state index is 13.3. The Balaban J connectivity index is 0.00000181. The quantitative estimate of drug-likeness (QED) is 0.415. The van der Waals surface area contributed by atoms with Crippen molar-refractivity contribution in [1.82, 2.24) is 19.8 Å². The molecule has 2 amide bonds. The zero-order valence-corrected chi connectivity index (χ0v) is 22.5. The van der Waals surface area contributed by atoms with E-state index in [1.54, 1.807) is 34.2 Å². The van der Waals surface area contributed by atoms with Gasteiger partial charge >= 0.3 is 6.61 Å². The molecule has 5 rings (SSSR count). The summed E-state index contributed by atoms with van der Waals surface area (Å²) >= 11 is 0. The van der Waals surface area contributed by atoms with Crippen LogP contribution in [0.3, 0.4) is 0 Å². The third kappa shape index (κ3) is 6.92. The molecule has 1 aliphatic heterocycles. The van der Waals surface area contributed by atoms with Gasteiger partial charge < -0.3 is 29.4 Å². The Bertz CT molecular complexity index is 1290. The lowest BCUT2D eigenvalue weighted by Gasteiger charge is -2.34. The zero-order chi connectivity index (χ0) is 28.6. The predicted molar refractivity (Wildman–Crippen MR) is 142 cm³/mol. The summed E-state index contributed by atoms with van der Waals surface area (Å²) in [7, 11) is 0. The van der Waals surface area contributed by atoms with Gasteiger partial charge in [-0.2, -0.15) is 8.78 Å². The van der Waals surface area contributed by atoms with Crippen molar-refractivity contribution in [2.75, 3.05) is 32.8 Å². The molecule has 0 bridgehead atoms. The van der Waals surface area contributed by atoms with Gasteiger partial charge in [0.25, 0.3) is 11.8 Å². The number of amides is 2. The third-order valence-corrected chi connectivity index (χ3v) is 6.40. The second-order valence-corrected chi connectivity index (χ2v) is 9.09. The number of halogens is 2. The molecule has 3 aromatic rings. The smallest absolute Gasteiger partial charge is 0.387 e. The lowest BCUT2D eigenvalue weighted by atomic mass is 10.2. The Morgan fingerprint density at radius 2 is 1.75 bits per heavy atom. The molecule has 0 spiro atoms. The number of ether oxygens (including phenoxy) is 2. The summed E-state index contributed by atoms with van der Waals surface area (Å²) in [6.45, 7) is 2.63. The number of hydrogen-bond acceptors (Lipinski definition) is 8. The summed E-state index contributed by atoms with van der Waals surface area (Å²) in [6, 6.07) is 9.50. The fourth-order valence-corrected chi connectivity index (χ4v) is 4.13. The molecule has 0 radical (unpaired) electrons. The number of nitrogens with zero attached hydrogens (tertiary/aromatic N) is 4. The number of carbonyl (C=O) groups is 2. The van der Waals surface area contributed by atoms with Gasteiger partial charge in [0.2, 0.25) is 5.89 Å². The molecular weight excluding hydrogens is 524 g/mol. The maximum Gasteiger partial charge on any atom is 0.387 e. The molecule has 10 nitrogen and oxygen atoms in total. The minimum absolute atomic E-state index is 0.0657. The molecule has 2 fully saturated rings. The highest BCUT2D eigenvalue weighted by atomic mass is 19.3. The van der Waals surface area contributed by atoms with E-state index >= 15 is 0 Å². The summed E-state index contributed by atoms with van der Waals surface area (Å²) in [5.74, 6) is 0.194. The average molecular weight is 558 g/mol. The van der Waals surface area contributed by atoms with E-state index in [1.165, 1.54) is 18.2 Å². The largest absolute Gasteiger partial charge is 0.489 e. The van der Waals surface area contributed by atoms with Gasteiger partial charge in [0.05, 0.1) is 13.2 Å². The van der Waals surface area contributed by atoms with Crippen molar-refractivity contribution in [3.63, 3.8) is 0 Å². The van der Waals surface area contributed by atoms with Crippen LogP contribution in [0.15, 0.2) is 47.0 Å². The van der Waals surface area contributed by atoms with Crippen LogP contribution in [-0.4, -0.2) is 71.0 Å². The minimum Gasteiger partial charge on any atom is -0.489 e. The summed E-state index contributed by atoms with van der Waals surface area (Å²) in [5.41, 5.74) is 6.69. The van der Waals surface area contributed by atoms with Crippen LogP contribution < -0.4 is 15.2 Å². The highest BCUT2D eigenvalue weighted by molar-refractivity contribution is 5.95. The Kier molecular flexibility index (Phi) is 9.65. The van der Waals surface area contributed by atoms with E-state index in [0.717, 1.165) is 12.8 Å². The van der Waals surface area contributed by atoms with Crippen LogP contribution in [0.2, 0.25) is 0 Å². The van der Waals surface area contributed by atoms with Crippen LogP contribution in [0, 0.1) is 5.92 Å². The molecule has 12 heteroatoms. The van der Waals surface area contributed by atoms with Gasteiger partial charge in [0, 0.05) is 37.9 Å². The number of piperazine rings is 1. The lowest BCUT2D eigenvalue weighted by Crippen LogP contribution is -2.51. The number of pyridine rings is 1. The number of carbonyl (C=O) groups excluding carboxylic acids is 2. The van der Waals surface area contributed by atoms with Crippen molar-refractivity contribution >= 4 is 11.8 Å². The first-order valence-corrected chi connectivity index (χ1v) is 13.3. The molecule has 1 aliphatic carbocycles. The number of nitrogens with two attached hydrogens (primary N) is 1. The highest BCUT2D eigenvalue weighted by Crippen LogP contribution is 2.36. The van der Waals surface area contributed by atoms with Gasteiger partial charge in [0.15, 0.2) is 23.0 Å². The van der Waals surface area contributed by atoms with E-state index in [1.807, 2.05) is 13.8 Å². The molecule has 0 atom stereocenters. The van der Waals surface area contributed by atoms with Crippen molar-refractivity contribution < 1.29 is 32.3 Å². The van der Waals surface area contributed by atoms with Gasteiger partial charge in [-0.25, -0.2) is 4.98 Å². The van der Waals surface area contributed by atoms with Crippen molar-refractivity contribution in [3.05, 3.63) is 59.7 Å². The molecule has 1 aromatic carbocycles. The minimum atomic E-state index is -3.00. The molecule has 3 heterocycles. The molecule has 1 saturated heterocycles. The summed E-state index contributed by atoms with van der Waals surface area (Å²) in [5, 5.41) is 0. The normalized spacial score (nSPS) is 14.9. The molecule has 2 N–H and O–H groups in total. The van der Waals surface area contributed by atoms with E-state index in [9.17, 15) is 18.4 Å². The first-order valence-electron chi connectivity index (χ1n) is 13.3. The molecule has 0 unspecified atom stereocenters. The number of alkyl halides is 2. The number of aromatic nitrogens is 2. The molecule has 2 aromatic heterocycles. The zero-order valence-electron chi connectivity index (χ0n) is 22.5. The van der Waals surface area contributed by atoms with Crippen LogP contribution in [0.1, 0.15) is 53.4 Å². The first-order chi connectivity index (χ1) is 19.4. The second-order valence-electron chi connectivity index (χ2n) is 9.09. The average Bonchev–Trinajstić information content (AvgIpc) is 3.73. The van der Waals surface area contributed by atoms with E-state index in [-0.39, 0.29) is 47.2 Å². The topological polar surface area (TPSA) is 124 Å². The fourth-order valence-electron chi connectivity index (χ4n) is 4.13. The van der Waals surface area contributed by atoms with Gasteiger partial charge in [0.1, 0.15) is 5.69 Å². The Morgan fingerprint density at radius 3 is 2.35 bits per heavy atom. The fraction of sp³-hybridized carbons (Fsp3) is 0.429. The molecular formula is C28H33F2N5O5. The molecule has 2 aliphatic rings. The van der Waals surface area contributed by atoms with Gasteiger partial charge in [-0.15, -0.1) is 0 Å². The van der Waals surface area contributed by atoms with Crippen LogP contribution in [0.25, 0.3) is 11.5 Å². The van der Waals surface area contributed by atoms with E-state index in [0.29, 0.717) is 50.0 Å². The highest BCUT2D eigenvalue weighted by Gasteiger charge is 2.30. The van der Waals surface area contributed by atoms with Crippen LogP contribution in [-0.2, 0) is 6.54 Å². The number of hydrogen-bond donors (Lipinski definition) is 1. The standard InChI is InChI=1S/C26H27F2N5O5.C2H6/c27-26(28)38-19-7-6-17(13-20(19)36-15-16-4-5-16)23-31-22(21(14-29)37-23)25(35)33-11-9-32(10-12-33)24(34)18-3-1-2-8-30-18;1-2/h1-3,6-8,13,16,26H,4-5,9-12,14-15,29H2;1-2H3. The summed E-state index contributed by atoms with van der Waals surface area (Å²) in [4.78, 5) is 37.7. The van der Waals surface area contributed by atoms with E-state index in [2.05, 4.69) is 14.7 Å². The molecule has 1 saturated carbocycles. The van der Waals surface area contributed by atoms with E-state index in [4.69, 9.17) is 14.9 Å². The van der Waals surface area contributed by atoms with Gasteiger partial charge in [-0.05, 0) is 49.1 Å². The number of oxazole rings is 1. The first kappa shape index (κ1) is 28.9. The Labute approximate surface area is 231 Å². The van der Waals surface area contributed by atoms with Crippen molar-refractivity contribution in [1.29, 1.82) is 0 Å². The molecule has 40 heavy (non-hydrogen) atoms. The Morgan fingerprint density at radius 1 is 1.05 bits per heavy atom. The SMILES string of the molecule is CC.NCc1oc(-c2ccc(OC(F)F)c(OCC3CC3)c2)nc1C(=O)N1CCN(C(=O)c2ccccn2)CC1. The molecule has 214 valence electrons. The number of rotatable bonds is 9. The number of benzene rings is 1. The van der Waals surface area contributed by atoms with Crippen LogP contribution in [0.4, 0.5) is 8.78 Å². The summed E-state index contributed by atoms with van der Waals surface area (Å²) < 4.78 is 41.8. The van der Waals surface area contributed by atoms with Crippen molar-refractivity contribution in [2.45, 2.75) is 39.8 Å². The van der Waals surface area contributed by atoms with Crippen molar-refractivity contribution in [2.24, 2.45) is 11.7 Å². The monoisotopic (exact) mass is 557 g/mol. The third-order valence-electron chi connectivity index (χ3n) is 6.40. The maximum absolute atomic E-state index is 13.3. The predicted octanol–water partition coefficient (Wildman–Crippen LogP) is 4.21. The van der Waals surface area contributed by atoms with E-state index < -0.39 is 6.61 Å².